The van der Waals surface area contributed by atoms with Crippen LogP contribution in [0.3, 0.4) is 0 Å². The Morgan fingerprint density at radius 1 is 0.828 bits per heavy atom. The summed E-state index contributed by atoms with van der Waals surface area (Å²) in [5, 5.41) is 2.21. The normalized spacial score (nSPS) is 11.2. The van der Waals surface area contributed by atoms with Crippen molar-refractivity contribution in [2.75, 3.05) is 0 Å². The van der Waals surface area contributed by atoms with Crippen molar-refractivity contribution in [2.24, 2.45) is 4.99 Å². The van der Waals surface area contributed by atoms with Gasteiger partial charge in [-0.25, -0.2) is 4.39 Å². The van der Waals surface area contributed by atoms with Gasteiger partial charge in [0.05, 0.1) is 5.69 Å². The van der Waals surface area contributed by atoms with Crippen molar-refractivity contribution in [1.29, 1.82) is 0 Å². The Bertz CT molecular complexity index is 1130. The van der Waals surface area contributed by atoms with E-state index in [0.29, 0.717) is 6.61 Å². The van der Waals surface area contributed by atoms with Gasteiger partial charge >= 0.3 is 0 Å². The topological polar surface area (TPSA) is 21.6 Å². The molecule has 144 valence electrons. The number of aliphatic imine (C=N–C) groups is 1. The van der Waals surface area contributed by atoms with Crippen LogP contribution in [-0.4, -0.2) is 6.21 Å². The van der Waals surface area contributed by atoms with Crippen molar-refractivity contribution in [3.05, 3.63) is 107 Å². The fourth-order valence-corrected chi connectivity index (χ4v) is 3.23. The van der Waals surface area contributed by atoms with E-state index in [2.05, 4.69) is 36.2 Å². The third-order valence-corrected chi connectivity index (χ3v) is 4.93. The van der Waals surface area contributed by atoms with E-state index >= 15 is 0 Å². The summed E-state index contributed by atoms with van der Waals surface area (Å²) in [5.41, 5.74) is 4.04. The van der Waals surface area contributed by atoms with Crippen molar-refractivity contribution in [3.63, 3.8) is 0 Å². The van der Waals surface area contributed by atoms with Gasteiger partial charge in [-0.2, -0.15) is 0 Å². The number of aryl methyl sites for hydroxylation is 1. The summed E-state index contributed by atoms with van der Waals surface area (Å²) in [7, 11) is 0. The molecule has 4 rings (SSSR count). The number of fused-ring (bicyclic) bond motifs is 1. The van der Waals surface area contributed by atoms with E-state index in [1.54, 1.807) is 12.1 Å². The van der Waals surface area contributed by atoms with Crippen molar-refractivity contribution >= 4 is 22.7 Å². The zero-order chi connectivity index (χ0) is 20.1. The van der Waals surface area contributed by atoms with Crippen molar-refractivity contribution in [2.45, 2.75) is 20.0 Å². The smallest absolute Gasteiger partial charge is 0.129 e. The predicted octanol–water partition coefficient (Wildman–Crippen LogP) is 6.87. The van der Waals surface area contributed by atoms with Gasteiger partial charge in [0.1, 0.15) is 18.2 Å². The summed E-state index contributed by atoms with van der Waals surface area (Å²) in [4.78, 5) is 4.67. The second-order valence-corrected chi connectivity index (χ2v) is 6.89. The lowest BCUT2D eigenvalue weighted by Crippen LogP contribution is -1.99. The summed E-state index contributed by atoms with van der Waals surface area (Å²) in [5.74, 6) is 0.503. The molecular weight excluding hydrogens is 361 g/mol. The molecule has 0 saturated carbocycles. The molecule has 0 aromatic heterocycles. The molecule has 0 spiro atoms. The van der Waals surface area contributed by atoms with Crippen molar-refractivity contribution < 1.29 is 9.13 Å². The van der Waals surface area contributed by atoms with E-state index in [1.807, 2.05) is 42.6 Å². The molecule has 0 heterocycles. The van der Waals surface area contributed by atoms with Crippen LogP contribution in [0.25, 0.3) is 10.8 Å². The number of benzene rings is 4. The van der Waals surface area contributed by atoms with E-state index in [1.165, 1.54) is 17.7 Å². The first-order valence-corrected chi connectivity index (χ1v) is 9.75. The summed E-state index contributed by atoms with van der Waals surface area (Å²) in [6, 6.07) is 26.8. The van der Waals surface area contributed by atoms with Crippen LogP contribution in [0.4, 0.5) is 10.1 Å². The van der Waals surface area contributed by atoms with Gasteiger partial charge in [-0.05, 0) is 58.7 Å². The fourth-order valence-electron chi connectivity index (χ4n) is 3.23. The molecule has 0 aliphatic carbocycles. The molecule has 0 saturated heterocycles. The molecule has 3 heteroatoms. The van der Waals surface area contributed by atoms with Gasteiger partial charge in [-0.3, -0.25) is 4.99 Å². The van der Waals surface area contributed by atoms with Crippen LogP contribution in [0.1, 0.15) is 23.6 Å². The molecule has 0 atom stereocenters. The van der Waals surface area contributed by atoms with Crippen LogP contribution < -0.4 is 4.74 Å². The summed E-state index contributed by atoms with van der Waals surface area (Å²) >= 11 is 0. The highest BCUT2D eigenvalue weighted by molar-refractivity contribution is 6.03. The molecule has 2 nitrogen and oxygen atoms in total. The second kappa shape index (κ2) is 8.70. The second-order valence-electron chi connectivity index (χ2n) is 6.89. The van der Waals surface area contributed by atoms with E-state index in [9.17, 15) is 4.39 Å². The minimum atomic E-state index is -0.249. The Balaban J connectivity index is 1.66. The molecule has 0 aliphatic heterocycles. The Morgan fingerprint density at radius 3 is 2.31 bits per heavy atom. The van der Waals surface area contributed by atoms with Gasteiger partial charge < -0.3 is 4.74 Å². The lowest BCUT2D eigenvalue weighted by Gasteiger charge is -2.12. The molecule has 0 amide bonds. The lowest BCUT2D eigenvalue weighted by molar-refractivity contribution is 0.306. The zero-order valence-electron chi connectivity index (χ0n) is 16.3. The van der Waals surface area contributed by atoms with Gasteiger partial charge in [-0.1, -0.05) is 61.5 Å². The molecule has 0 bridgehead atoms. The van der Waals surface area contributed by atoms with Gasteiger partial charge in [0.2, 0.25) is 0 Å². The van der Waals surface area contributed by atoms with E-state index in [-0.39, 0.29) is 5.82 Å². The molecule has 0 fully saturated rings. The summed E-state index contributed by atoms with van der Waals surface area (Å²) in [6.45, 7) is 2.50. The van der Waals surface area contributed by atoms with Gasteiger partial charge in [0, 0.05) is 11.8 Å². The quantitative estimate of drug-likeness (QED) is 0.333. The monoisotopic (exact) mass is 383 g/mol. The van der Waals surface area contributed by atoms with Crippen LogP contribution in [0.5, 0.6) is 5.75 Å². The Kier molecular flexibility index (Phi) is 5.66. The third-order valence-electron chi connectivity index (χ3n) is 4.93. The Hall–Kier alpha value is -3.46. The maximum Gasteiger partial charge on any atom is 0.129 e. The molecule has 0 aliphatic rings. The van der Waals surface area contributed by atoms with Crippen LogP contribution in [0, 0.1) is 5.82 Å². The first-order chi connectivity index (χ1) is 14.2. The minimum Gasteiger partial charge on any atom is -0.488 e. The summed E-state index contributed by atoms with van der Waals surface area (Å²) in [6.07, 6.45) is 2.87. The maximum absolute atomic E-state index is 13.1. The van der Waals surface area contributed by atoms with Crippen LogP contribution in [-0.2, 0) is 13.0 Å². The molecular formula is C26H22FNO. The minimum absolute atomic E-state index is 0.249. The van der Waals surface area contributed by atoms with Gasteiger partial charge in [-0.15, -0.1) is 0 Å². The van der Waals surface area contributed by atoms with E-state index in [0.717, 1.165) is 39.8 Å². The molecule has 4 aromatic rings. The standard InChI is InChI=1S/C26H22FNO/c1-2-19-9-14-23(15-10-19)28-17-25-24-6-4-3-5-21(24)11-16-26(25)29-18-20-7-12-22(27)13-8-20/h3-17H,2,18H2,1H3. The molecule has 0 unspecified atom stereocenters. The number of nitrogens with zero attached hydrogens (tertiary/aromatic N) is 1. The van der Waals surface area contributed by atoms with E-state index in [4.69, 9.17) is 4.74 Å². The first-order valence-electron chi connectivity index (χ1n) is 9.75. The highest BCUT2D eigenvalue weighted by atomic mass is 19.1. The summed E-state index contributed by atoms with van der Waals surface area (Å²) < 4.78 is 19.2. The van der Waals surface area contributed by atoms with Gasteiger partial charge in [0.25, 0.3) is 0 Å². The van der Waals surface area contributed by atoms with Gasteiger partial charge in [0.15, 0.2) is 0 Å². The highest BCUT2D eigenvalue weighted by Crippen LogP contribution is 2.28. The molecule has 4 aromatic carbocycles. The number of hydrogen-bond donors (Lipinski definition) is 0. The molecule has 0 N–H and O–H groups in total. The number of ether oxygens (including phenoxy) is 1. The van der Waals surface area contributed by atoms with Crippen LogP contribution in [0.2, 0.25) is 0 Å². The number of halogens is 1. The average molecular weight is 383 g/mol. The Morgan fingerprint density at radius 2 is 1.55 bits per heavy atom. The van der Waals surface area contributed by atoms with E-state index < -0.39 is 0 Å². The Labute approximate surface area is 170 Å². The first kappa shape index (κ1) is 18.9. The number of rotatable bonds is 6. The van der Waals surface area contributed by atoms with Crippen LogP contribution in [0.15, 0.2) is 89.9 Å². The SMILES string of the molecule is CCc1ccc(N=Cc2c(OCc3ccc(F)cc3)ccc3ccccc23)cc1. The largest absolute Gasteiger partial charge is 0.488 e. The number of hydrogen-bond acceptors (Lipinski definition) is 2. The maximum atomic E-state index is 13.1. The van der Waals surface area contributed by atoms with Crippen molar-refractivity contribution in [3.8, 4) is 5.75 Å². The molecule has 0 radical (unpaired) electrons. The third kappa shape index (κ3) is 4.52. The fraction of sp³-hybridized carbons (Fsp3) is 0.115. The zero-order valence-corrected chi connectivity index (χ0v) is 16.3. The predicted molar refractivity (Wildman–Crippen MR) is 118 cm³/mol. The lowest BCUT2D eigenvalue weighted by atomic mass is 10.0. The van der Waals surface area contributed by atoms with Crippen LogP contribution >= 0.6 is 0 Å². The molecule has 29 heavy (non-hydrogen) atoms. The average Bonchev–Trinajstić information content (AvgIpc) is 2.78. The van der Waals surface area contributed by atoms with Crippen molar-refractivity contribution in [1.82, 2.24) is 0 Å². The highest BCUT2D eigenvalue weighted by Gasteiger charge is 2.08.